The smallest absolute Gasteiger partial charge is 0.0480 e. The zero-order valence-corrected chi connectivity index (χ0v) is 10.2. The molecule has 0 aromatic carbocycles. The number of nitrogens with zero attached hydrogens (tertiary/aromatic N) is 1. The van der Waals surface area contributed by atoms with Gasteiger partial charge in [-0.05, 0) is 51.1 Å². The molecule has 3 heterocycles. The van der Waals surface area contributed by atoms with Crippen molar-refractivity contribution in [3.8, 4) is 0 Å². The van der Waals surface area contributed by atoms with E-state index in [1.54, 1.807) is 0 Å². The number of rotatable bonds is 1. The maximum absolute atomic E-state index is 5.58. The Labute approximate surface area is 98.5 Å². The van der Waals surface area contributed by atoms with Crippen molar-refractivity contribution in [3.63, 3.8) is 0 Å². The van der Waals surface area contributed by atoms with Crippen LogP contribution in [0.3, 0.4) is 0 Å². The number of fused-ring (bicyclic) bond motifs is 1. The maximum Gasteiger partial charge on any atom is 0.0480 e. The van der Waals surface area contributed by atoms with Crippen LogP contribution in [0.4, 0.5) is 0 Å². The van der Waals surface area contributed by atoms with Crippen LogP contribution in [0.1, 0.15) is 32.1 Å². The fourth-order valence-electron chi connectivity index (χ4n) is 3.78. The summed E-state index contributed by atoms with van der Waals surface area (Å²) < 4.78 is 5.58. The van der Waals surface area contributed by atoms with Gasteiger partial charge in [0.2, 0.25) is 0 Å². The zero-order valence-electron chi connectivity index (χ0n) is 10.2. The molecule has 0 aromatic heterocycles. The average molecular weight is 224 g/mol. The molecule has 3 fully saturated rings. The van der Waals surface area contributed by atoms with Gasteiger partial charge in [-0.1, -0.05) is 0 Å². The van der Waals surface area contributed by atoms with E-state index in [-0.39, 0.29) is 0 Å². The molecule has 16 heavy (non-hydrogen) atoms. The summed E-state index contributed by atoms with van der Waals surface area (Å²) in [5, 5.41) is 3.58. The predicted molar refractivity (Wildman–Crippen MR) is 64.5 cm³/mol. The highest BCUT2D eigenvalue weighted by atomic mass is 16.5. The van der Waals surface area contributed by atoms with Gasteiger partial charge in [-0.15, -0.1) is 0 Å². The topological polar surface area (TPSA) is 24.5 Å². The molecule has 0 bridgehead atoms. The Morgan fingerprint density at radius 2 is 2.00 bits per heavy atom. The highest BCUT2D eigenvalue weighted by molar-refractivity contribution is 4.94. The Kier molecular flexibility index (Phi) is 3.46. The van der Waals surface area contributed by atoms with E-state index in [9.17, 15) is 0 Å². The number of ether oxygens (including phenoxy) is 1. The zero-order chi connectivity index (χ0) is 10.8. The summed E-state index contributed by atoms with van der Waals surface area (Å²) in [6.07, 6.45) is 6.70. The maximum atomic E-state index is 5.58. The molecule has 0 aromatic rings. The summed E-state index contributed by atoms with van der Waals surface area (Å²) in [6.45, 7) is 5.77. The lowest BCUT2D eigenvalue weighted by Gasteiger charge is -2.42. The lowest BCUT2D eigenvalue weighted by molar-refractivity contribution is 0.0638. The summed E-state index contributed by atoms with van der Waals surface area (Å²) in [4.78, 5) is 2.81. The molecule has 3 saturated heterocycles. The third-order valence-corrected chi connectivity index (χ3v) is 4.61. The molecule has 3 unspecified atom stereocenters. The Balaban J connectivity index is 1.66. The van der Waals surface area contributed by atoms with Crippen LogP contribution < -0.4 is 5.32 Å². The van der Waals surface area contributed by atoms with Crippen molar-refractivity contribution < 1.29 is 4.74 Å². The van der Waals surface area contributed by atoms with Gasteiger partial charge in [0.05, 0.1) is 0 Å². The van der Waals surface area contributed by atoms with Crippen LogP contribution in [0.5, 0.6) is 0 Å². The number of nitrogens with one attached hydrogen (secondary N) is 1. The second-order valence-electron chi connectivity index (χ2n) is 5.56. The normalized spacial score (nSPS) is 41.6. The van der Waals surface area contributed by atoms with Crippen LogP contribution in [-0.4, -0.2) is 49.8 Å². The minimum absolute atomic E-state index is 0.801. The van der Waals surface area contributed by atoms with Crippen LogP contribution in [0.2, 0.25) is 0 Å². The standard InChI is InChI=1S/C13H24N2O/c1-3-11-9-14-10-13(11)15(6-1)12-4-2-7-16-8-5-12/h11-14H,1-10H2. The molecule has 0 saturated carbocycles. The second kappa shape index (κ2) is 5.03. The van der Waals surface area contributed by atoms with Crippen molar-refractivity contribution in [3.05, 3.63) is 0 Å². The fourth-order valence-corrected chi connectivity index (χ4v) is 3.78. The first-order valence-electron chi connectivity index (χ1n) is 6.99. The largest absolute Gasteiger partial charge is 0.381 e. The molecule has 3 aliphatic heterocycles. The van der Waals surface area contributed by atoms with Crippen molar-refractivity contribution >= 4 is 0 Å². The number of likely N-dealkylation sites (tertiary alicyclic amines) is 1. The molecule has 3 atom stereocenters. The third-order valence-electron chi connectivity index (χ3n) is 4.61. The Bertz CT molecular complexity index is 226. The van der Waals surface area contributed by atoms with E-state index in [0.717, 1.165) is 31.2 Å². The van der Waals surface area contributed by atoms with Crippen molar-refractivity contribution in [2.75, 3.05) is 32.8 Å². The van der Waals surface area contributed by atoms with E-state index < -0.39 is 0 Å². The minimum atomic E-state index is 0.801. The lowest BCUT2D eigenvalue weighted by atomic mass is 9.89. The Hall–Kier alpha value is -0.120. The highest BCUT2D eigenvalue weighted by Gasteiger charge is 2.37. The van der Waals surface area contributed by atoms with E-state index >= 15 is 0 Å². The predicted octanol–water partition coefficient (Wildman–Crippen LogP) is 1.24. The first kappa shape index (κ1) is 11.0. The van der Waals surface area contributed by atoms with E-state index in [1.807, 2.05) is 0 Å². The van der Waals surface area contributed by atoms with Gasteiger partial charge in [-0.2, -0.15) is 0 Å². The first-order chi connectivity index (χ1) is 7.95. The molecular formula is C13H24N2O. The first-order valence-corrected chi connectivity index (χ1v) is 6.99. The Morgan fingerprint density at radius 3 is 3.00 bits per heavy atom. The third kappa shape index (κ3) is 2.13. The molecule has 3 aliphatic rings. The van der Waals surface area contributed by atoms with Gasteiger partial charge in [0.25, 0.3) is 0 Å². The van der Waals surface area contributed by atoms with Gasteiger partial charge in [-0.25, -0.2) is 0 Å². The number of hydrogen-bond donors (Lipinski definition) is 1. The summed E-state index contributed by atoms with van der Waals surface area (Å²) in [5.41, 5.74) is 0. The molecule has 92 valence electrons. The van der Waals surface area contributed by atoms with E-state index in [4.69, 9.17) is 4.74 Å². The van der Waals surface area contributed by atoms with Gasteiger partial charge in [-0.3, -0.25) is 4.90 Å². The summed E-state index contributed by atoms with van der Waals surface area (Å²) in [7, 11) is 0. The molecular weight excluding hydrogens is 200 g/mol. The van der Waals surface area contributed by atoms with E-state index in [1.165, 1.54) is 51.7 Å². The molecule has 3 nitrogen and oxygen atoms in total. The SMILES string of the molecule is C1COCCC(N2CCCC3CNCC32)C1. The van der Waals surface area contributed by atoms with Crippen LogP contribution in [-0.2, 0) is 4.74 Å². The van der Waals surface area contributed by atoms with Crippen molar-refractivity contribution in [1.82, 2.24) is 10.2 Å². The number of piperidine rings is 1. The van der Waals surface area contributed by atoms with Gasteiger partial charge in [0, 0.05) is 31.8 Å². The monoisotopic (exact) mass is 224 g/mol. The molecule has 1 N–H and O–H groups in total. The fraction of sp³-hybridized carbons (Fsp3) is 1.00. The molecule has 3 heteroatoms. The molecule has 0 spiro atoms. The van der Waals surface area contributed by atoms with Crippen LogP contribution in [0.25, 0.3) is 0 Å². The van der Waals surface area contributed by atoms with Crippen LogP contribution in [0.15, 0.2) is 0 Å². The van der Waals surface area contributed by atoms with E-state index in [2.05, 4.69) is 10.2 Å². The van der Waals surface area contributed by atoms with Crippen molar-refractivity contribution in [2.24, 2.45) is 5.92 Å². The molecule has 0 aliphatic carbocycles. The summed E-state index contributed by atoms with van der Waals surface area (Å²) in [6, 6.07) is 1.63. The van der Waals surface area contributed by atoms with Crippen LogP contribution in [0, 0.1) is 5.92 Å². The quantitative estimate of drug-likeness (QED) is 0.725. The van der Waals surface area contributed by atoms with Gasteiger partial charge in [0.15, 0.2) is 0 Å². The molecule has 0 radical (unpaired) electrons. The highest BCUT2D eigenvalue weighted by Crippen LogP contribution is 2.30. The van der Waals surface area contributed by atoms with Gasteiger partial charge < -0.3 is 10.1 Å². The minimum Gasteiger partial charge on any atom is -0.381 e. The molecule has 0 amide bonds. The van der Waals surface area contributed by atoms with Gasteiger partial charge in [0.1, 0.15) is 0 Å². The van der Waals surface area contributed by atoms with Crippen LogP contribution >= 0.6 is 0 Å². The average Bonchev–Trinajstić information content (AvgIpc) is 2.63. The molecule has 3 rings (SSSR count). The summed E-state index contributed by atoms with van der Waals surface area (Å²) in [5.74, 6) is 0.929. The number of hydrogen-bond acceptors (Lipinski definition) is 3. The summed E-state index contributed by atoms with van der Waals surface area (Å²) >= 11 is 0. The van der Waals surface area contributed by atoms with Gasteiger partial charge >= 0.3 is 0 Å². The van der Waals surface area contributed by atoms with Crippen molar-refractivity contribution in [2.45, 2.75) is 44.2 Å². The lowest BCUT2D eigenvalue weighted by Crippen LogP contribution is -2.50. The second-order valence-corrected chi connectivity index (χ2v) is 5.56. The van der Waals surface area contributed by atoms with E-state index in [0.29, 0.717) is 0 Å². The van der Waals surface area contributed by atoms with Crippen molar-refractivity contribution in [1.29, 1.82) is 0 Å². The Morgan fingerprint density at radius 1 is 1.00 bits per heavy atom.